The Balaban J connectivity index is 2.06. The predicted octanol–water partition coefficient (Wildman–Crippen LogP) is 3.73. The highest BCUT2D eigenvalue weighted by Gasteiger charge is 2.13. The van der Waals surface area contributed by atoms with Crippen LogP contribution in [0.1, 0.15) is 17.2 Å². The van der Waals surface area contributed by atoms with Gasteiger partial charge in [0.05, 0.1) is 5.52 Å². The van der Waals surface area contributed by atoms with Crippen molar-refractivity contribution in [3.05, 3.63) is 67.0 Å². The summed E-state index contributed by atoms with van der Waals surface area (Å²) in [6.45, 7) is 0. The summed E-state index contributed by atoms with van der Waals surface area (Å²) < 4.78 is 6.74. The van der Waals surface area contributed by atoms with Gasteiger partial charge in [-0.1, -0.05) is 37.9 Å². The minimum Gasteiger partial charge on any atom is -0.408 e. The molecule has 2 aromatic carbocycles. The summed E-state index contributed by atoms with van der Waals surface area (Å²) >= 11 is 6.78. The number of H-pyrrole nitrogens is 1. The third-order valence-corrected chi connectivity index (χ3v) is 3.88. The van der Waals surface area contributed by atoms with Crippen LogP contribution >= 0.6 is 31.9 Å². The monoisotopic (exact) mass is 397 g/mol. The molecule has 3 aromatic rings. The number of oxazole rings is 1. The summed E-state index contributed by atoms with van der Waals surface area (Å²) in [4.78, 5) is 13.7. The molecule has 0 aliphatic rings. The van der Waals surface area contributed by atoms with Crippen molar-refractivity contribution in [1.82, 2.24) is 4.98 Å². The molecule has 1 unspecified atom stereocenters. The lowest BCUT2D eigenvalue weighted by Crippen LogP contribution is -1.99. The van der Waals surface area contributed by atoms with Crippen LogP contribution in [0, 0.1) is 0 Å². The fraction of sp³-hybridized carbons (Fsp3) is 0.0714. The van der Waals surface area contributed by atoms with Gasteiger partial charge in [0.1, 0.15) is 6.10 Å². The lowest BCUT2D eigenvalue weighted by molar-refractivity contribution is 0.220. The van der Waals surface area contributed by atoms with E-state index in [1.54, 1.807) is 18.2 Å². The van der Waals surface area contributed by atoms with E-state index in [-0.39, 0.29) is 0 Å². The first-order valence-electron chi connectivity index (χ1n) is 5.80. The molecular formula is C14H9Br2NO3. The topological polar surface area (TPSA) is 66.2 Å². The highest BCUT2D eigenvalue weighted by molar-refractivity contribution is 9.11. The Morgan fingerprint density at radius 3 is 2.45 bits per heavy atom. The number of hydrogen-bond donors (Lipinski definition) is 2. The Morgan fingerprint density at radius 2 is 1.75 bits per heavy atom. The molecule has 0 spiro atoms. The third-order valence-electron chi connectivity index (χ3n) is 2.96. The van der Waals surface area contributed by atoms with Crippen molar-refractivity contribution in [2.45, 2.75) is 6.10 Å². The Bertz CT molecular complexity index is 818. The molecule has 2 N–H and O–H groups in total. The largest absolute Gasteiger partial charge is 0.417 e. The van der Waals surface area contributed by atoms with E-state index in [1.807, 2.05) is 18.2 Å². The Morgan fingerprint density at radius 1 is 1.05 bits per heavy atom. The Hall–Kier alpha value is -1.37. The van der Waals surface area contributed by atoms with Crippen LogP contribution in [0.25, 0.3) is 11.1 Å². The highest BCUT2D eigenvalue weighted by atomic mass is 79.9. The van der Waals surface area contributed by atoms with Gasteiger partial charge in [-0.05, 0) is 41.5 Å². The summed E-state index contributed by atoms with van der Waals surface area (Å²) in [7, 11) is 0. The van der Waals surface area contributed by atoms with Crippen LogP contribution in [0.3, 0.4) is 0 Å². The molecule has 0 saturated heterocycles. The van der Waals surface area contributed by atoms with Gasteiger partial charge in [0.15, 0.2) is 5.58 Å². The maximum atomic E-state index is 11.1. The first kappa shape index (κ1) is 13.6. The van der Waals surface area contributed by atoms with Crippen LogP contribution in [0.15, 0.2) is 54.6 Å². The van der Waals surface area contributed by atoms with E-state index in [0.29, 0.717) is 16.7 Å². The van der Waals surface area contributed by atoms with Gasteiger partial charge in [-0.2, -0.15) is 0 Å². The van der Waals surface area contributed by atoms with Crippen molar-refractivity contribution >= 4 is 43.0 Å². The van der Waals surface area contributed by atoms with E-state index in [2.05, 4.69) is 36.8 Å². The normalized spacial score (nSPS) is 12.8. The number of hydrogen-bond acceptors (Lipinski definition) is 3. The summed E-state index contributed by atoms with van der Waals surface area (Å²) in [5.74, 6) is -0.503. The second-order valence-corrected chi connectivity index (χ2v) is 6.21. The molecule has 0 saturated carbocycles. The number of aliphatic hydroxyl groups is 1. The fourth-order valence-corrected chi connectivity index (χ4v) is 3.39. The van der Waals surface area contributed by atoms with Gasteiger partial charge in [0.2, 0.25) is 0 Å². The number of halogens is 2. The van der Waals surface area contributed by atoms with Crippen molar-refractivity contribution in [3.8, 4) is 0 Å². The van der Waals surface area contributed by atoms with Gasteiger partial charge in [0.25, 0.3) is 0 Å². The Labute approximate surface area is 130 Å². The van der Waals surface area contributed by atoms with Gasteiger partial charge >= 0.3 is 5.76 Å². The molecule has 0 bridgehead atoms. The van der Waals surface area contributed by atoms with Crippen molar-refractivity contribution in [1.29, 1.82) is 0 Å². The number of benzene rings is 2. The number of rotatable bonds is 2. The average Bonchev–Trinajstić information content (AvgIpc) is 2.75. The van der Waals surface area contributed by atoms with Crippen molar-refractivity contribution < 1.29 is 9.52 Å². The van der Waals surface area contributed by atoms with E-state index >= 15 is 0 Å². The minimum absolute atomic E-state index is 0.431. The van der Waals surface area contributed by atoms with Gasteiger partial charge in [-0.25, -0.2) is 4.79 Å². The molecule has 3 rings (SSSR count). The fourth-order valence-electron chi connectivity index (χ4n) is 2.06. The average molecular weight is 399 g/mol. The zero-order chi connectivity index (χ0) is 14.3. The van der Waals surface area contributed by atoms with Gasteiger partial charge in [0, 0.05) is 8.95 Å². The summed E-state index contributed by atoms with van der Waals surface area (Å²) in [5.41, 5.74) is 2.44. The van der Waals surface area contributed by atoms with Crippen LogP contribution in [-0.4, -0.2) is 10.1 Å². The molecule has 102 valence electrons. The van der Waals surface area contributed by atoms with E-state index in [4.69, 9.17) is 4.42 Å². The summed E-state index contributed by atoms with van der Waals surface area (Å²) in [6.07, 6.45) is -0.798. The van der Waals surface area contributed by atoms with Crippen LogP contribution < -0.4 is 5.76 Å². The lowest BCUT2D eigenvalue weighted by atomic mass is 10.0. The summed E-state index contributed by atoms with van der Waals surface area (Å²) in [6, 6.07) is 10.7. The number of aromatic amines is 1. The molecule has 0 amide bonds. The SMILES string of the molecule is O=c1[nH]c2ccc(C(O)c3cc(Br)cc(Br)c3)cc2o1. The molecule has 1 heterocycles. The van der Waals surface area contributed by atoms with Crippen molar-refractivity contribution in [3.63, 3.8) is 0 Å². The molecule has 6 heteroatoms. The van der Waals surface area contributed by atoms with E-state index in [9.17, 15) is 9.90 Å². The number of aromatic nitrogens is 1. The molecule has 0 aliphatic carbocycles. The summed E-state index contributed by atoms with van der Waals surface area (Å²) in [5, 5.41) is 10.4. The maximum Gasteiger partial charge on any atom is 0.417 e. The second kappa shape index (κ2) is 5.20. The quantitative estimate of drug-likeness (QED) is 0.691. The maximum absolute atomic E-state index is 11.1. The zero-order valence-electron chi connectivity index (χ0n) is 10.1. The number of fused-ring (bicyclic) bond motifs is 1. The predicted molar refractivity (Wildman–Crippen MR) is 82.7 cm³/mol. The van der Waals surface area contributed by atoms with Crippen LogP contribution in [-0.2, 0) is 0 Å². The molecular weight excluding hydrogens is 390 g/mol. The van der Waals surface area contributed by atoms with Gasteiger partial charge < -0.3 is 9.52 Å². The van der Waals surface area contributed by atoms with E-state index < -0.39 is 11.9 Å². The smallest absolute Gasteiger partial charge is 0.408 e. The third kappa shape index (κ3) is 2.59. The molecule has 0 fully saturated rings. The molecule has 1 aromatic heterocycles. The standard InChI is InChI=1S/C14H9Br2NO3/c15-9-3-8(4-10(16)6-9)13(18)7-1-2-11-12(5-7)20-14(19)17-11/h1-6,13,18H,(H,17,19). The van der Waals surface area contributed by atoms with Crippen molar-refractivity contribution in [2.75, 3.05) is 0 Å². The molecule has 0 radical (unpaired) electrons. The number of nitrogens with one attached hydrogen (secondary N) is 1. The second-order valence-electron chi connectivity index (χ2n) is 4.38. The zero-order valence-corrected chi connectivity index (χ0v) is 13.2. The Kier molecular flexibility index (Phi) is 3.54. The highest BCUT2D eigenvalue weighted by Crippen LogP contribution is 2.29. The molecule has 1 atom stereocenters. The van der Waals surface area contributed by atoms with Gasteiger partial charge in [-0.15, -0.1) is 0 Å². The van der Waals surface area contributed by atoms with Crippen LogP contribution in [0.5, 0.6) is 0 Å². The lowest BCUT2D eigenvalue weighted by Gasteiger charge is -2.12. The van der Waals surface area contributed by atoms with E-state index in [1.165, 1.54) is 0 Å². The van der Waals surface area contributed by atoms with Crippen LogP contribution in [0.4, 0.5) is 0 Å². The van der Waals surface area contributed by atoms with Gasteiger partial charge in [-0.3, -0.25) is 4.98 Å². The number of aliphatic hydroxyl groups excluding tert-OH is 1. The van der Waals surface area contributed by atoms with E-state index in [0.717, 1.165) is 14.5 Å². The minimum atomic E-state index is -0.798. The van der Waals surface area contributed by atoms with Crippen LogP contribution in [0.2, 0.25) is 0 Å². The molecule has 0 aliphatic heterocycles. The first-order valence-corrected chi connectivity index (χ1v) is 7.38. The van der Waals surface area contributed by atoms with Crippen molar-refractivity contribution in [2.24, 2.45) is 0 Å². The molecule has 20 heavy (non-hydrogen) atoms. The molecule has 4 nitrogen and oxygen atoms in total. The first-order chi connectivity index (χ1) is 9.52.